The van der Waals surface area contributed by atoms with Gasteiger partial charge in [0.05, 0.1) is 39.6 Å². The van der Waals surface area contributed by atoms with Gasteiger partial charge in [0.2, 0.25) is 0 Å². The molecule has 0 aliphatic carbocycles. The lowest BCUT2D eigenvalue weighted by Crippen LogP contribution is -2.27. The number of nitrogens with one attached hydrogen (secondary N) is 2. The number of carbonyl (C=O) groups is 1. The Morgan fingerprint density at radius 2 is 1.66 bits per heavy atom. The van der Waals surface area contributed by atoms with Crippen molar-refractivity contribution in [3.05, 3.63) is 29.8 Å². The highest BCUT2D eigenvalue weighted by atomic mass is 16.5. The van der Waals surface area contributed by atoms with Crippen LogP contribution in [-0.4, -0.2) is 71.8 Å². The largest absolute Gasteiger partial charge is 0.493 e. The van der Waals surface area contributed by atoms with E-state index < -0.39 is 0 Å². The molecule has 1 amide bonds. The molecule has 0 bridgehead atoms. The smallest absolute Gasteiger partial charge is 0.251 e. The maximum Gasteiger partial charge on any atom is 0.251 e. The van der Waals surface area contributed by atoms with Gasteiger partial charge in [0.15, 0.2) is 0 Å². The van der Waals surface area contributed by atoms with Crippen LogP contribution < -0.4 is 15.4 Å². The summed E-state index contributed by atoms with van der Waals surface area (Å²) in [4.78, 5) is 12.2. The van der Waals surface area contributed by atoms with Crippen molar-refractivity contribution in [1.82, 2.24) is 10.6 Å². The number of hydrogen-bond donors (Lipinski definition) is 2. The second-order valence-electron chi connectivity index (χ2n) is 7.03. The fourth-order valence-corrected chi connectivity index (χ4v) is 2.35. The van der Waals surface area contributed by atoms with E-state index in [1.165, 1.54) is 0 Å². The number of hydrogen-bond acceptors (Lipinski definition) is 6. The van der Waals surface area contributed by atoms with E-state index in [4.69, 9.17) is 18.9 Å². The fourth-order valence-electron chi connectivity index (χ4n) is 2.35. The molecule has 0 spiro atoms. The molecule has 0 atom stereocenters. The van der Waals surface area contributed by atoms with E-state index in [2.05, 4.69) is 31.4 Å². The molecule has 0 radical (unpaired) electrons. The van der Waals surface area contributed by atoms with Crippen molar-refractivity contribution in [2.24, 2.45) is 5.92 Å². The second kappa shape index (κ2) is 17.2. The molecular weight excluding hydrogens is 372 g/mol. The number of carbonyl (C=O) groups excluding carboxylic acids is 1. The normalized spacial score (nSPS) is 11.0. The first kappa shape index (κ1) is 25.4. The van der Waals surface area contributed by atoms with Crippen LogP contribution >= 0.6 is 0 Å². The third-order valence-electron chi connectivity index (χ3n) is 3.85. The van der Waals surface area contributed by atoms with Gasteiger partial charge in [0.25, 0.3) is 5.91 Å². The van der Waals surface area contributed by atoms with Gasteiger partial charge in [-0.05, 0) is 43.6 Å². The summed E-state index contributed by atoms with van der Waals surface area (Å²) in [6.45, 7) is 12.7. The van der Waals surface area contributed by atoms with E-state index in [1.54, 1.807) is 12.1 Å². The van der Waals surface area contributed by atoms with Gasteiger partial charge in [0, 0.05) is 18.7 Å². The third kappa shape index (κ3) is 14.0. The van der Waals surface area contributed by atoms with Gasteiger partial charge in [0.1, 0.15) is 5.75 Å². The standard InChI is InChI=1S/C22H38N2O5/c1-4-23-9-6-11-26-13-15-28-16-14-27-12-10-24-22(25)20-7-5-8-21(17-20)29-18-19(2)3/h5,7-8,17,19,23H,4,6,9-16,18H2,1-3H3,(H,24,25). The van der Waals surface area contributed by atoms with E-state index in [9.17, 15) is 4.79 Å². The highest BCUT2D eigenvalue weighted by Gasteiger charge is 2.06. The van der Waals surface area contributed by atoms with Crippen LogP contribution in [0.15, 0.2) is 24.3 Å². The molecule has 0 saturated heterocycles. The third-order valence-corrected chi connectivity index (χ3v) is 3.85. The summed E-state index contributed by atoms with van der Waals surface area (Å²) in [6.07, 6.45) is 1.01. The lowest BCUT2D eigenvalue weighted by molar-refractivity contribution is 0.0148. The average molecular weight is 411 g/mol. The molecule has 1 aromatic rings. The van der Waals surface area contributed by atoms with Crippen molar-refractivity contribution in [2.45, 2.75) is 27.2 Å². The first-order valence-corrected chi connectivity index (χ1v) is 10.6. The molecule has 0 aromatic heterocycles. The van der Waals surface area contributed by atoms with Crippen LogP contribution in [-0.2, 0) is 14.2 Å². The SMILES string of the molecule is CCNCCCOCCOCCOCCNC(=O)c1cccc(OCC(C)C)c1. The molecule has 0 saturated carbocycles. The predicted molar refractivity (Wildman–Crippen MR) is 115 cm³/mol. The summed E-state index contributed by atoms with van der Waals surface area (Å²) < 4.78 is 22.0. The molecule has 0 aliphatic heterocycles. The number of ether oxygens (including phenoxy) is 4. The van der Waals surface area contributed by atoms with Gasteiger partial charge in [-0.15, -0.1) is 0 Å². The molecule has 0 heterocycles. The molecule has 29 heavy (non-hydrogen) atoms. The van der Waals surface area contributed by atoms with Crippen molar-refractivity contribution in [2.75, 3.05) is 65.9 Å². The molecule has 1 rings (SSSR count). The second-order valence-corrected chi connectivity index (χ2v) is 7.03. The first-order valence-electron chi connectivity index (χ1n) is 10.6. The van der Waals surface area contributed by atoms with Crippen LogP contribution in [0.3, 0.4) is 0 Å². The fraction of sp³-hybridized carbons (Fsp3) is 0.682. The first-order chi connectivity index (χ1) is 14.1. The number of amides is 1. The van der Waals surface area contributed by atoms with Gasteiger partial charge in [-0.25, -0.2) is 0 Å². The Bertz CT molecular complexity index is 540. The Labute approximate surface area is 175 Å². The summed E-state index contributed by atoms with van der Waals surface area (Å²) >= 11 is 0. The topological polar surface area (TPSA) is 78.0 Å². The van der Waals surface area contributed by atoms with Gasteiger partial charge in [-0.3, -0.25) is 4.79 Å². The van der Waals surface area contributed by atoms with Crippen LogP contribution in [0.4, 0.5) is 0 Å². The van der Waals surface area contributed by atoms with Crippen LogP contribution in [0.1, 0.15) is 37.6 Å². The molecule has 0 unspecified atom stereocenters. The van der Waals surface area contributed by atoms with Crippen LogP contribution in [0.5, 0.6) is 5.75 Å². The lowest BCUT2D eigenvalue weighted by Gasteiger charge is -2.10. The van der Waals surface area contributed by atoms with Gasteiger partial charge in [-0.1, -0.05) is 26.8 Å². The lowest BCUT2D eigenvalue weighted by atomic mass is 10.2. The summed E-state index contributed by atoms with van der Waals surface area (Å²) in [7, 11) is 0. The monoisotopic (exact) mass is 410 g/mol. The van der Waals surface area contributed by atoms with Crippen molar-refractivity contribution in [3.63, 3.8) is 0 Å². The maximum atomic E-state index is 12.2. The van der Waals surface area contributed by atoms with Gasteiger partial charge < -0.3 is 29.6 Å². The maximum absolute atomic E-state index is 12.2. The van der Waals surface area contributed by atoms with E-state index in [1.807, 2.05) is 12.1 Å². The summed E-state index contributed by atoms with van der Waals surface area (Å²) in [5.74, 6) is 1.02. The Morgan fingerprint density at radius 3 is 2.34 bits per heavy atom. The zero-order valence-corrected chi connectivity index (χ0v) is 18.2. The van der Waals surface area contributed by atoms with Crippen molar-refractivity contribution >= 4 is 5.91 Å². The zero-order valence-electron chi connectivity index (χ0n) is 18.2. The van der Waals surface area contributed by atoms with Crippen molar-refractivity contribution < 1.29 is 23.7 Å². The highest BCUT2D eigenvalue weighted by Crippen LogP contribution is 2.14. The molecule has 2 N–H and O–H groups in total. The van der Waals surface area contributed by atoms with Crippen molar-refractivity contribution in [3.8, 4) is 5.75 Å². The summed E-state index contributed by atoms with van der Waals surface area (Å²) in [5, 5.41) is 6.10. The predicted octanol–water partition coefficient (Wildman–Crippen LogP) is 2.50. The van der Waals surface area contributed by atoms with E-state index in [-0.39, 0.29) is 5.91 Å². The molecular formula is C22H38N2O5. The molecule has 166 valence electrons. The van der Waals surface area contributed by atoms with Crippen LogP contribution in [0.25, 0.3) is 0 Å². The highest BCUT2D eigenvalue weighted by molar-refractivity contribution is 5.94. The number of benzene rings is 1. The minimum atomic E-state index is -0.133. The van der Waals surface area contributed by atoms with Crippen molar-refractivity contribution in [1.29, 1.82) is 0 Å². The Hall–Kier alpha value is -1.67. The molecule has 0 fully saturated rings. The average Bonchev–Trinajstić information content (AvgIpc) is 2.72. The van der Waals surface area contributed by atoms with Crippen LogP contribution in [0, 0.1) is 5.92 Å². The minimum Gasteiger partial charge on any atom is -0.493 e. The molecule has 7 nitrogen and oxygen atoms in total. The zero-order chi connectivity index (χ0) is 21.2. The Kier molecular flexibility index (Phi) is 15.1. The van der Waals surface area contributed by atoms with Crippen LogP contribution in [0.2, 0.25) is 0 Å². The minimum absolute atomic E-state index is 0.133. The van der Waals surface area contributed by atoms with Gasteiger partial charge >= 0.3 is 0 Å². The molecule has 0 aliphatic rings. The summed E-state index contributed by atoms with van der Waals surface area (Å²) in [5.41, 5.74) is 0.583. The Morgan fingerprint density at radius 1 is 0.966 bits per heavy atom. The van der Waals surface area contributed by atoms with E-state index in [0.29, 0.717) is 63.4 Å². The molecule has 7 heteroatoms. The van der Waals surface area contributed by atoms with Gasteiger partial charge in [-0.2, -0.15) is 0 Å². The Balaban J connectivity index is 1.98. The quantitative estimate of drug-likeness (QED) is 0.362. The number of rotatable bonds is 18. The summed E-state index contributed by atoms with van der Waals surface area (Å²) in [6, 6.07) is 7.21. The van der Waals surface area contributed by atoms with E-state index in [0.717, 1.165) is 26.1 Å². The molecule has 1 aromatic carbocycles. The van der Waals surface area contributed by atoms with E-state index >= 15 is 0 Å².